The molecule has 24 heavy (non-hydrogen) atoms. The van der Waals surface area contributed by atoms with Crippen LogP contribution in [0.1, 0.15) is 6.42 Å². The number of benzene rings is 2. The van der Waals surface area contributed by atoms with Crippen molar-refractivity contribution in [3.8, 4) is 5.75 Å². The van der Waals surface area contributed by atoms with E-state index in [1.807, 2.05) is 18.2 Å². The predicted molar refractivity (Wildman–Crippen MR) is 96.0 cm³/mol. The van der Waals surface area contributed by atoms with Gasteiger partial charge in [0.25, 0.3) is 0 Å². The first-order valence-electron chi connectivity index (χ1n) is 7.32. The minimum atomic E-state index is -0.123. The summed E-state index contributed by atoms with van der Waals surface area (Å²) in [6.07, 6.45) is 1.99. The number of hydrogen-bond donors (Lipinski definition) is 1. The summed E-state index contributed by atoms with van der Waals surface area (Å²) in [7, 11) is 1.54. The summed E-state index contributed by atoms with van der Waals surface area (Å²) in [6.45, 7) is 0.458. The van der Waals surface area contributed by atoms with Crippen LogP contribution in [0.2, 0.25) is 10.0 Å². The largest absolute Gasteiger partial charge is 0.495 e. The number of carbonyl (C=O) groups excluding carboxylic acids is 1. The highest BCUT2D eigenvalue weighted by Crippen LogP contribution is 2.27. The van der Waals surface area contributed by atoms with Crippen molar-refractivity contribution in [2.75, 3.05) is 12.4 Å². The zero-order valence-electron chi connectivity index (χ0n) is 12.9. The van der Waals surface area contributed by atoms with Gasteiger partial charge in [-0.2, -0.15) is 5.10 Å². The maximum atomic E-state index is 12.1. The molecule has 0 fully saturated rings. The average Bonchev–Trinajstić information content (AvgIpc) is 2.98. The van der Waals surface area contributed by atoms with Crippen LogP contribution in [0.15, 0.2) is 42.6 Å². The zero-order chi connectivity index (χ0) is 17.1. The van der Waals surface area contributed by atoms with Crippen molar-refractivity contribution in [1.29, 1.82) is 0 Å². The monoisotopic (exact) mass is 363 g/mol. The quantitative estimate of drug-likeness (QED) is 0.731. The molecular formula is C17H15Cl2N3O2. The fourth-order valence-corrected chi connectivity index (χ4v) is 2.90. The van der Waals surface area contributed by atoms with Gasteiger partial charge in [0.15, 0.2) is 0 Å². The van der Waals surface area contributed by atoms with Crippen LogP contribution in [0.3, 0.4) is 0 Å². The Morgan fingerprint density at radius 1 is 1.25 bits per heavy atom. The number of methoxy groups -OCH3 is 1. The predicted octanol–water partition coefficient (Wildman–Crippen LogP) is 4.38. The molecule has 1 aromatic heterocycles. The number of fused-ring (bicyclic) bond motifs is 1. The lowest BCUT2D eigenvalue weighted by Crippen LogP contribution is -2.15. The standard InChI is InChI=1S/C17H15Cl2N3O2/c1-24-16-6-5-11(9-14(16)19)21-17(23)7-8-22-15-4-2-3-13(18)12(15)10-20-22/h2-6,9-10H,7-8H2,1H3,(H,21,23). The third kappa shape index (κ3) is 3.47. The highest BCUT2D eigenvalue weighted by Gasteiger charge is 2.09. The number of aromatic nitrogens is 2. The van der Waals surface area contributed by atoms with E-state index < -0.39 is 0 Å². The highest BCUT2D eigenvalue weighted by molar-refractivity contribution is 6.35. The molecule has 1 N–H and O–H groups in total. The van der Waals surface area contributed by atoms with E-state index in [4.69, 9.17) is 27.9 Å². The Morgan fingerprint density at radius 2 is 2.08 bits per heavy atom. The van der Waals surface area contributed by atoms with Crippen LogP contribution in [-0.4, -0.2) is 22.8 Å². The number of aryl methyl sites for hydroxylation is 1. The van der Waals surface area contributed by atoms with Crippen molar-refractivity contribution in [2.24, 2.45) is 0 Å². The van der Waals surface area contributed by atoms with Gasteiger partial charge in [-0.25, -0.2) is 0 Å². The molecule has 0 spiro atoms. The van der Waals surface area contributed by atoms with E-state index in [0.29, 0.717) is 28.0 Å². The second-order valence-corrected chi connectivity index (χ2v) is 6.00. The number of carbonyl (C=O) groups is 1. The lowest BCUT2D eigenvalue weighted by Gasteiger charge is -2.08. The fraction of sp³-hybridized carbons (Fsp3) is 0.176. The van der Waals surface area contributed by atoms with E-state index in [-0.39, 0.29) is 12.3 Å². The molecule has 124 valence electrons. The van der Waals surface area contributed by atoms with Crippen LogP contribution in [0.4, 0.5) is 5.69 Å². The molecule has 3 rings (SSSR count). The number of rotatable bonds is 5. The Morgan fingerprint density at radius 3 is 2.83 bits per heavy atom. The van der Waals surface area contributed by atoms with E-state index >= 15 is 0 Å². The van der Waals surface area contributed by atoms with Gasteiger partial charge in [0.2, 0.25) is 5.91 Å². The van der Waals surface area contributed by atoms with Crippen molar-refractivity contribution in [2.45, 2.75) is 13.0 Å². The Bertz CT molecular complexity index is 893. The van der Waals surface area contributed by atoms with Crippen LogP contribution < -0.4 is 10.1 Å². The Labute approximate surface area is 149 Å². The molecular weight excluding hydrogens is 349 g/mol. The van der Waals surface area contributed by atoms with E-state index in [0.717, 1.165) is 10.9 Å². The SMILES string of the molecule is COc1ccc(NC(=O)CCn2ncc3c(Cl)cccc32)cc1Cl. The van der Waals surface area contributed by atoms with Gasteiger partial charge in [0, 0.05) is 17.5 Å². The van der Waals surface area contributed by atoms with Crippen molar-refractivity contribution >= 4 is 45.7 Å². The zero-order valence-corrected chi connectivity index (χ0v) is 14.4. The molecule has 0 radical (unpaired) electrons. The molecule has 2 aromatic carbocycles. The molecule has 0 atom stereocenters. The smallest absolute Gasteiger partial charge is 0.226 e. The van der Waals surface area contributed by atoms with Crippen molar-refractivity contribution < 1.29 is 9.53 Å². The van der Waals surface area contributed by atoms with Crippen LogP contribution in [0.25, 0.3) is 10.9 Å². The number of amides is 1. The maximum absolute atomic E-state index is 12.1. The number of nitrogens with zero attached hydrogens (tertiary/aromatic N) is 2. The van der Waals surface area contributed by atoms with Gasteiger partial charge in [-0.3, -0.25) is 9.48 Å². The van der Waals surface area contributed by atoms with Crippen molar-refractivity contribution in [3.63, 3.8) is 0 Å². The average molecular weight is 364 g/mol. The topological polar surface area (TPSA) is 56.1 Å². The van der Waals surface area contributed by atoms with E-state index in [9.17, 15) is 4.79 Å². The lowest BCUT2D eigenvalue weighted by atomic mass is 10.2. The summed E-state index contributed by atoms with van der Waals surface area (Å²) in [5.74, 6) is 0.441. The second kappa shape index (κ2) is 7.11. The molecule has 0 saturated heterocycles. The molecule has 0 unspecified atom stereocenters. The first kappa shape index (κ1) is 16.6. The molecule has 0 bridgehead atoms. The van der Waals surface area contributed by atoms with Gasteiger partial charge >= 0.3 is 0 Å². The summed E-state index contributed by atoms with van der Waals surface area (Å²) in [4.78, 5) is 12.1. The minimum absolute atomic E-state index is 0.123. The minimum Gasteiger partial charge on any atom is -0.495 e. The van der Waals surface area contributed by atoms with Crippen molar-refractivity contribution in [1.82, 2.24) is 9.78 Å². The number of anilines is 1. The Kier molecular flexibility index (Phi) is 4.92. The molecule has 0 aliphatic rings. The molecule has 3 aromatic rings. The molecule has 0 aliphatic carbocycles. The molecule has 5 nitrogen and oxygen atoms in total. The third-order valence-electron chi connectivity index (χ3n) is 3.62. The molecule has 1 heterocycles. The normalized spacial score (nSPS) is 10.8. The summed E-state index contributed by atoms with van der Waals surface area (Å²) >= 11 is 12.2. The van der Waals surface area contributed by atoms with E-state index in [2.05, 4.69) is 10.4 Å². The van der Waals surface area contributed by atoms with Gasteiger partial charge < -0.3 is 10.1 Å². The van der Waals surface area contributed by atoms with Crippen molar-refractivity contribution in [3.05, 3.63) is 52.6 Å². The summed E-state index contributed by atoms with van der Waals surface area (Å²) in [6, 6.07) is 10.7. The lowest BCUT2D eigenvalue weighted by molar-refractivity contribution is -0.116. The number of nitrogens with one attached hydrogen (secondary N) is 1. The fourth-order valence-electron chi connectivity index (χ4n) is 2.42. The second-order valence-electron chi connectivity index (χ2n) is 5.19. The van der Waals surface area contributed by atoms with Gasteiger partial charge in [0.05, 0.1) is 35.4 Å². The molecule has 0 saturated carbocycles. The Balaban J connectivity index is 1.65. The van der Waals surface area contributed by atoms with Gasteiger partial charge in [-0.15, -0.1) is 0 Å². The molecule has 7 heteroatoms. The number of halogens is 2. The maximum Gasteiger partial charge on any atom is 0.226 e. The summed E-state index contributed by atoms with van der Waals surface area (Å²) < 4.78 is 6.85. The van der Waals surface area contributed by atoms with E-state index in [1.165, 1.54) is 0 Å². The van der Waals surface area contributed by atoms with Crippen LogP contribution in [0.5, 0.6) is 5.75 Å². The van der Waals surface area contributed by atoms with E-state index in [1.54, 1.807) is 36.2 Å². The Hall–Kier alpha value is -2.24. The van der Waals surface area contributed by atoms with Gasteiger partial charge in [-0.1, -0.05) is 29.3 Å². The number of ether oxygens (including phenoxy) is 1. The van der Waals surface area contributed by atoms with Gasteiger partial charge in [-0.05, 0) is 30.3 Å². The first-order chi connectivity index (χ1) is 11.6. The summed E-state index contributed by atoms with van der Waals surface area (Å²) in [5.41, 5.74) is 1.53. The van der Waals surface area contributed by atoms with Crippen LogP contribution in [0, 0.1) is 0 Å². The molecule has 1 amide bonds. The van der Waals surface area contributed by atoms with Crippen LogP contribution >= 0.6 is 23.2 Å². The summed E-state index contributed by atoms with van der Waals surface area (Å²) in [5, 5.41) is 9.07. The third-order valence-corrected chi connectivity index (χ3v) is 4.25. The first-order valence-corrected chi connectivity index (χ1v) is 8.07. The van der Waals surface area contributed by atoms with Crippen LogP contribution in [-0.2, 0) is 11.3 Å². The molecule has 0 aliphatic heterocycles. The highest BCUT2D eigenvalue weighted by atomic mass is 35.5. The number of hydrogen-bond acceptors (Lipinski definition) is 3. The van der Waals surface area contributed by atoms with Gasteiger partial charge in [0.1, 0.15) is 5.75 Å².